The van der Waals surface area contributed by atoms with E-state index in [1.807, 2.05) is 36.3 Å². The van der Waals surface area contributed by atoms with E-state index in [0.29, 0.717) is 25.1 Å². The lowest BCUT2D eigenvalue weighted by Crippen LogP contribution is -2.55. The molecular weight excluding hydrogens is 320 g/mol. The Morgan fingerprint density at radius 2 is 2.08 bits per heavy atom. The maximum absolute atomic E-state index is 12.5. The van der Waals surface area contributed by atoms with Crippen LogP contribution in [-0.4, -0.2) is 57.1 Å². The Kier molecular flexibility index (Phi) is 3.67. The van der Waals surface area contributed by atoms with Gasteiger partial charge >= 0.3 is 0 Å². The van der Waals surface area contributed by atoms with Gasteiger partial charge in [-0.25, -0.2) is 0 Å². The molecule has 1 unspecified atom stereocenters. The minimum atomic E-state index is -0.229. The summed E-state index contributed by atoms with van der Waals surface area (Å²) in [5, 5.41) is 4.28. The number of amides is 2. The molecule has 2 fully saturated rings. The topological polar surface area (TPSA) is 71.6 Å². The second kappa shape index (κ2) is 5.75. The number of nitrogens with zero attached hydrogens (tertiary/aromatic N) is 4. The lowest BCUT2D eigenvalue weighted by atomic mass is 9.74. The molecule has 4 rings (SSSR count). The van der Waals surface area contributed by atoms with Gasteiger partial charge in [-0.1, -0.05) is 0 Å². The van der Waals surface area contributed by atoms with Crippen molar-refractivity contribution >= 4 is 11.8 Å². The molecule has 2 aliphatic rings. The molecule has 0 saturated carbocycles. The predicted octanol–water partition coefficient (Wildman–Crippen LogP) is 1.63. The van der Waals surface area contributed by atoms with Crippen LogP contribution in [-0.2, 0) is 11.8 Å². The molecule has 7 nitrogen and oxygen atoms in total. The molecule has 132 valence electrons. The van der Waals surface area contributed by atoms with Gasteiger partial charge in [0.05, 0.1) is 23.6 Å². The molecule has 2 saturated heterocycles. The highest BCUT2D eigenvalue weighted by molar-refractivity contribution is 5.94. The van der Waals surface area contributed by atoms with Crippen molar-refractivity contribution in [3.05, 3.63) is 42.1 Å². The molecule has 2 aromatic heterocycles. The molecule has 0 aromatic carbocycles. The standard InChI is InChI=1S/C18H22N4O3/c1-20-11-14(10-19-20)15-9-16(23)21(2)18(15)4-6-22(7-5-18)17(24)13-3-8-25-12-13/h3,8,10-12,15H,4-7,9H2,1-2H3. The van der Waals surface area contributed by atoms with E-state index >= 15 is 0 Å². The summed E-state index contributed by atoms with van der Waals surface area (Å²) < 4.78 is 6.80. The number of aromatic nitrogens is 2. The quantitative estimate of drug-likeness (QED) is 0.832. The molecule has 2 aromatic rings. The Balaban J connectivity index is 1.56. The van der Waals surface area contributed by atoms with E-state index in [-0.39, 0.29) is 23.3 Å². The molecule has 0 N–H and O–H groups in total. The predicted molar refractivity (Wildman–Crippen MR) is 89.9 cm³/mol. The fraction of sp³-hybridized carbons (Fsp3) is 0.500. The van der Waals surface area contributed by atoms with Crippen LogP contribution in [0.25, 0.3) is 0 Å². The monoisotopic (exact) mass is 342 g/mol. The lowest BCUT2D eigenvalue weighted by Gasteiger charge is -2.46. The first-order chi connectivity index (χ1) is 12.0. The van der Waals surface area contributed by atoms with E-state index in [4.69, 9.17) is 4.42 Å². The highest BCUT2D eigenvalue weighted by Gasteiger charge is 2.53. The largest absolute Gasteiger partial charge is 0.472 e. The highest BCUT2D eigenvalue weighted by Crippen LogP contribution is 2.48. The number of piperidine rings is 1. The number of hydrogen-bond donors (Lipinski definition) is 0. The number of carbonyl (C=O) groups is 2. The van der Waals surface area contributed by atoms with Gasteiger partial charge in [0.2, 0.25) is 5.91 Å². The molecule has 2 amide bonds. The second-order valence-corrected chi connectivity index (χ2v) is 7.06. The van der Waals surface area contributed by atoms with E-state index < -0.39 is 0 Å². The van der Waals surface area contributed by atoms with Gasteiger partial charge in [0.15, 0.2) is 0 Å². The summed E-state index contributed by atoms with van der Waals surface area (Å²) in [5.41, 5.74) is 1.46. The van der Waals surface area contributed by atoms with Crippen molar-refractivity contribution < 1.29 is 14.0 Å². The first kappa shape index (κ1) is 15.9. The number of likely N-dealkylation sites (tertiary alicyclic amines) is 2. The van der Waals surface area contributed by atoms with Gasteiger partial charge in [-0.05, 0) is 24.5 Å². The van der Waals surface area contributed by atoms with Crippen molar-refractivity contribution in [3.63, 3.8) is 0 Å². The zero-order chi connectivity index (χ0) is 17.6. The zero-order valence-electron chi connectivity index (χ0n) is 14.5. The van der Waals surface area contributed by atoms with Gasteiger partial charge in [0, 0.05) is 45.7 Å². The molecule has 0 bridgehead atoms. The minimum Gasteiger partial charge on any atom is -0.472 e. The van der Waals surface area contributed by atoms with Gasteiger partial charge in [0.25, 0.3) is 5.91 Å². The van der Waals surface area contributed by atoms with Crippen LogP contribution in [0.1, 0.15) is 41.1 Å². The Morgan fingerprint density at radius 1 is 1.32 bits per heavy atom. The van der Waals surface area contributed by atoms with Crippen molar-refractivity contribution in [2.24, 2.45) is 7.05 Å². The average molecular weight is 342 g/mol. The average Bonchev–Trinajstić information content (AvgIpc) is 3.33. The molecule has 0 aliphatic carbocycles. The number of carbonyl (C=O) groups excluding carboxylic acids is 2. The summed E-state index contributed by atoms with van der Waals surface area (Å²) in [5.74, 6) is 0.293. The summed E-state index contributed by atoms with van der Waals surface area (Å²) in [6.45, 7) is 1.27. The number of hydrogen-bond acceptors (Lipinski definition) is 4. The molecule has 4 heterocycles. The van der Waals surface area contributed by atoms with Gasteiger partial charge in [-0.15, -0.1) is 0 Å². The highest BCUT2D eigenvalue weighted by atomic mass is 16.3. The number of furan rings is 1. The summed E-state index contributed by atoms with van der Waals surface area (Å²) in [6, 6.07) is 1.69. The lowest BCUT2D eigenvalue weighted by molar-refractivity contribution is -0.130. The number of aryl methyl sites for hydroxylation is 1. The SMILES string of the molecule is CN1C(=O)CC(c2cnn(C)c2)C12CCN(C(=O)c1ccoc1)CC2. The minimum absolute atomic E-state index is 0.00601. The second-order valence-electron chi connectivity index (χ2n) is 7.06. The number of rotatable bonds is 2. The summed E-state index contributed by atoms with van der Waals surface area (Å²) in [4.78, 5) is 28.7. The van der Waals surface area contributed by atoms with Crippen LogP contribution in [0, 0.1) is 0 Å². The fourth-order valence-electron chi connectivity index (χ4n) is 4.38. The van der Waals surface area contributed by atoms with Crippen molar-refractivity contribution in [1.29, 1.82) is 0 Å². The summed E-state index contributed by atoms with van der Waals surface area (Å²) >= 11 is 0. The third kappa shape index (κ3) is 2.45. The van der Waals surface area contributed by atoms with Crippen LogP contribution >= 0.6 is 0 Å². The van der Waals surface area contributed by atoms with Crippen LogP contribution in [0.3, 0.4) is 0 Å². The molecular formula is C18H22N4O3. The van der Waals surface area contributed by atoms with E-state index in [1.54, 1.807) is 10.7 Å². The fourth-order valence-corrected chi connectivity index (χ4v) is 4.38. The van der Waals surface area contributed by atoms with Crippen LogP contribution in [0.5, 0.6) is 0 Å². The Morgan fingerprint density at radius 3 is 2.68 bits per heavy atom. The Labute approximate surface area is 146 Å². The first-order valence-corrected chi connectivity index (χ1v) is 8.58. The van der Waals surface area contributed by atoms with E-state index in [0.717, 1.165) is 18.4 Å². The third-order valence-corrected chi connectivity index (χ3v) is 5.88. The third-order valence-electron chi connectivity index (χ3n) is 5.88. The maximum Gasteiger partial charge on any atom is 0.257 e. The summed E-state index contributed by atoms with van der Waals surface area (Å²) in [6.07, 6.45) is 8.93. The maximum atomic E-state index is 12.5. The van der Waals surface area contributed by atoms with Gasteiger partial charge in [0.1, 0.15) is 6.26 Å². The van der Waals surface area contributed by atoms with Crippen molar-refractivity contribution in [2.45, 2.75) is 30.7 Å². The van der Waals surface area contributed by atoms with Crippen LogP contribution in [0.15, 0.2) is 35.4 Å². The Hall–Kier alpha value is -2.57. The molecule has 1 spiro atoms. The molecule has 1 atom stereocenters. The normalized spacial score (nSPS) is 22.8. The molecule has 25 heavy (non-hydrogen) atoms. The van der Waals surface area contributed by atoms with Crippen molar-refractivity contribution in [2.75, 3.05) is 20.1 Å². The van der Waals surface area contributed by atoms with Crippen LogP contribution in [0.4, 0.5) is 0 Å². The summed E-state index contributed by atoms with van der Waals surface area (Å²) in [7, 11) is 3.79. The van der Waals surface area contributed by atoms with Crippen molar-refractivity contribution in [1.82, 2.24) is 19.6 Å². The Bertz CT molecular complexity index is 787. The molecule has 0 radical (unpaired) electrons. The molecule has 7 heteroatoms. The zero-order valence-corrected chi connectivity index (χ0v) is 14.5. The van der Waals surface area contributed by atoms with Gasteiger partial charge < -0.3 is 14.2 Å². The smallest absolute Gasteiger partial charge is 0.257 e. The van der Waals surface area contributed by atoms with Crippen molar-refractivity contribution in [3.8, 4) is 0 Å². The van der Waals surface area contributed by atoms with Gasteiger partial charge in [-0.2, -0.15) is 5.10 Å². The van der Waals surface area contributed by atoms with E-state index in [1.165, 1.54) is 12.5 Å². The van der Waals surface area contributed by atoms with Gasteiger partial charge in [-0.3, -0.25) is 14.3 Å². The molecule has 2 aliphatic heterocycles. The van der Waals surface area contributed by atoms with Crippen LogP contribution in [0.2, 0.25) is 0 Å². The first-order valence-electron chi connectivity index (χ1n) is 8.58. The number of likely N-dealkylation sites (N-methyl/N-ethyl adjacent to an activating group) is 1. The van der Waals surface area contributed by atoms with Crippen LogP contribution < -0.4 is 0 Å². The van der Waals surface area contributed by atoms with E-state index in [9.17, 15) is 9.59 Å². The van der Waals surface area contributed by atoms with E-state index in [2.05, 4.69) is 5.10 Å².